The standard InChI is InChI=1S/C73H107N13O20/c1-10-41(5)60-68(99)80-53(39-87)65(96)76-49(11-2)64(95)82-61(42(6)88)69(100)78-51(28-25-44-23-26-47(105-9)27-24-44)71(102)85-32-15-20-54(85)66(97)79-52(37-48(36-46(90)35-45-18-13-12-14-19-45)106-73(104)57(34-40(3)4)83(8)43(7)89)62(93)70(101)77-50(29-30-58(74)91)63(94)75-38-59(92)84-31-17-22-56(84)72(103)86-33-16-21-55(86)67(98)81-60/h11-14,18-19,23-24,26-27,40-42,46,48,50-57,60-62,87-88,90,93H,10,15-17,20-22,25,28-39H2,1-9H3,(H2,74,91)(H,75,94)(H,76,96)(H,77,101)(H,78,100)(H,79,97)(H,80,99)(H,81,98)(H,82,95)/b49-11+/t41-,42-,46?,48?,50+,51-,52?,53+,54-,55+,56+,57+,60-,61+,62?/m1/s1. The smallest absolute Gasteiger partial charge is 0.329 e. The molecule has 4 aliphatic heterocycles. The van der Waals surface area contributed by atoms with Crippen LogP contribution >= 0.6 is 0 Å². The van der Waals surface area contributed by atoms with Gasteiger partial charge in [0.15, 0.2) is 6.10 Å². The molecule has 2 aromatic carbocycles. The van der Waals surface area contributed by atoms with E-state index in [-0.39, 0.29) is 76.9 Å². The van der Waals surface area contributed by atoms with E-state index in [1.165, 1.54) is 42.7 Å². The Labute approximate surface area is 616 Å². The topological polar surface area (TPSA) is 474 Å². The summed E-state index contributed by atoms with van der Waals surface area (Å²) in [7, 11) is 2.86. The van der Waals surface area contributed by atoms with Crippen molar-refractivity contribution in [2.24, 2.45) is 17.6 Å². The minimum atomic E-state index is -2.43. The molecule has 0 saturated carbocycles. The fraction of sp³-hybridized carbons (Fsp3) is 0.616. The van der Waals surface area contributed by atoms with Crippen molar-refractivity contribution in [3.05, 3.63) is 77.5 Å². The van der Waals surface area contributed by atoms with E-state index in [1.54, 1.807) is 82.3 Å². The number of amides is 13. The van der Waals surface area contributed by atoms with Crippen molar-refractivity contribution < 1.29 is 97.0 Å². The Morgan fingerprint density at radius 3 is 1.83 bits per heavy atom. The van der Waals surface area contributed by atoms with Crippen LogP contribution in [0.1, 0.15) is 143 Å². The molecule has 2 aromatic rings. The number of hydrogen-bond donors (Lipinski definition) is 13. The van der Waals surface area contributed by atoms with Crippen LogP contribution in [-0.2, 0) is 84.7 Å². The monoisotopic (exact) mass is 1490 g/mol. The molecule has 13 amide bonds. The van der Waals surface area contributed by atoms with Gasteiger partial charge in [0.05, 0.1) is 38.5 Å². The SMILES string of the molecule is C/C=C1/NC(=O)[C@H](CO)NC(=O)[C@@H]([C@H](C)CC)NC(=O)[C@@H]2CCCN2C(=O)[C@@H]2CCCN2C(=O)CNC(=O)[C@H](CCC(N)=O)NC(=O)C(O)C(CC(CC(O)Cc2ccccc2)OC(=O)[C@H](CC(C)C)N(C)C(C)=O)NC(=O)[C@H]2CCCN2C(=O)[C@@H](CCc2ccc(OC)cc2)NC(=O)[C@H]([C@@H](C)O)NC1=O. The summed E-state index contributed by atoms with van der Waals surface area (Å²) in [4.78, 5) is 204. The fourth-order valence-corrected chi connectivity index (χ4v) is 13.5. The van der Waals surface area contributed by atoms with Crippen LogP contribution in [0.3, 0.4) is 0 Å². The minimum absolute atomic E-state index is 0.00923. The molecule has 0 aliphatic carbocycles. The van der Waals surface area contributed by atoms with Crippen LogP contribution in [0, 0.1) is 11.8 Å². The van der Waals surface area contributed by atoms with Gasteiger partial charge in [-0.15, -0.1) is 0 Å². The van der Waals surface area contributed by atoms with Gasteiger partial charge < -0.3 is 97.8 Å². The first-order chi connectivity index (χ1) is 50.3. The molecule has 584 valence electrons. The predicted octanol–water partition coefficient (Wildman–Crippen LogP) is -2.11. The van der Waals surface area contributed by atoms with Gasteiger partial charge in [0.25, 0.3) is 11.8 Å². The second kappa shape index (κ2) is 40.8. The Morgan fingerprint density at radius 1 is 0.670 bits per heavy atom. The third-order valence-corrected chi connectivity index (χ3v) is 19.8. The molecule has 106 heavy (non-hydrogen) atoms. The fourth-order valence-electron chi connectivity index (χ4n) is 13.5. The second-order valence-corrected chi connectivity index (χ2v) is 28.1. The van der Waals surface area contributed by atoms with Crippen molar-refractivity contribution in [2.45, 2.75) is 230 Å². The number of likely N-dealkylation sites (N-methyl/N-ethyl adjacent to an activating group) is 1. The van der Waals surface area contributed by atoms with Crippen LogP contribution in [0.5, 0.6) is 5.75 Å². The number of rotatable bonds is 22. The van der Waals surface area contributed by atoms with Gasteiger partial charge in [0, 0.05) is 52.9 Å². The zero-order chi connectivity index (χ0) is 78.2. The number of esters is 1. The maximum absolute atomic E-state index is 15.3. The van der Waals surface area contributed by atoms with Crippen molar-refractivity contribution in [2.75, 3.05) is 46.9 Å². The molecule has 14 N–H and O–H groups in total. The lowest BCUT2D eigenvalue weighted by molar-refractivity contribution is -0.161. The molecule has 0 spiro atoms. The van der Waals surface area contributed by atoms with Gasteiger partial charge in [-0.05, 0) is 120 Å². The van der Waals surface area contributed by atoms with Crippen molar-refractivity contribution in [3.63, 3.8) is 0 Å². The molecule has 15 atom stereocenters. The number of aliphatic hydroxyl groups is 4. The van der Waals surface area contributed by atoms with Gasteiger partial charge >= 0.3 is 5.97 Å². The number of carbonyl (C=O) groups is 14. The van der Waals surface area contributed by atoms with Crippen LogP contribution in [0.2, 0.25) is 0 Å². The first kappa shape index (κ1) is 85.3. The average Bonchev–Trinajstić information content (AvgIpc) is 1.64. The summed E-state index contributed by atoms with van der Waals surface area (Å²) in [5.41, 5.74) is 6.34. The van der Waals surface area contributed by atoms with E-state index >= 15 is 9.59 Å². The van der Waals surface area contributed by atoms with E-state index in [0.717, 1.165) is 17.9 Å². The number of nitrogens with one attached hydrogen (secondary N) is 8. The Hall–Kier alpha value is -9.60. The number of ether oxygens (including phenoxy) is 2. The summed E-state index contributed by atoms with van der Waals surface area (Å²) in [6.45, 7) is 8.91. The van der Waals surface area contributed by atoms with Crippen molar-refractivity contribution >= 4 is 82.8 Å². The third kappa shape index (κ3) is 24.0. The zero-order valence-electron chi connectivity index (χ0n) is 61.8. The lowest BCUT2D eigenvalue weighted by atomic mass is 9.95. The van der Waals surface area contributed by atoms with Gasteiger partial charge in [-0.2, -0.15) is 0 Å². The molecular weight excluding hydrogens is 1380 g/mol. The molecule has 4 saturated heterocycles. The number of methoxy groups -OCH3 is 1. The van der Waals surface area contributed by atoms with E-state index < -0.39 is 218 Å². The van der Waals surface area contributed by atoms with Crippen molar-refractivity contribution in [1.29, 1.82) is 0 Å². The number of nitrogens with two attached hydrogens (primary N) is 1. The van der Waals surface area contributed by atoms with Gasteiger partial charge in [0.2, 0.25) is 65.0 Å². The summed E-state index contributed by atoms with van der Waals surface area (Å²) < 4.78 is 11.5. The normalized spacial score (nSPS) is 25.8. The van der Waals surface area contributed by atoms with Crippen LogP contribution in [-0.4, -0.2) is 255 Å². The summed E-state index contributed by atoms with van der Waals surface area (Å²) in [5, 5.41) is 66.0. The number of primary amides is 1. The Morgan fingerprint density at radius 2 is 1.25 bits per heavy atom. The number of aliphatic hydroxyl groups excluding tert-OH is 4. The molecule has 6 rings (SSSR count). The van der Waals surface area contributed by atoms with Gasteiger partial charge in [0.1, 0.15) is 71.9 Å². The van der Waals surface area contributed by atoms with Crippen molar-refractivity contribution in [3.8, 4) is 5.75 Å². The van der Waals surface area contributed by atoms with E-state index in [4.69, 9.17) is 15.2 Å². The van der Waals surface area contributed by atoms with Crippen LogP contribution in [0.15, 0.2) is 66.4 Å². The van der Waals surface area contributed by atoms with E-state index in [9.17, 15) is 78.0 Å². The molecule has 4 fully saturated rings. The van der Waals surface area contributed by atoms with E-state index in [0.29, 0.717) is 36.1 Å². The lowest BCUT2D eigenvalue weighted by Crippen LogP contribution is -2.61. The summed E-state index contributed by atoms with van der Waals surface area (Å²) in [6, 6.07) is 0.341. The Balaban J connectivity index is 1.45. The number of benzene rings is 2. The average molecular weight is 1490 g/mol. The van der Waals surface area contributed by atoms with Crippen LogP contribution < -0.4 is 53.0 Å². The molecular formula is C73H107N13O20. The molecule has 4 aliphatic rings. The summed E-state index contributed by atoms with van der Waals surface area (Å²) >= 11 is 0. The number of nitrogens with zero attached hydrogens (tertiary/aromatic N) is 4. The predicted molar refractivity (Wildman–Crippen MR) is 382 cm³/mol. The highest BCUT2D eigenvalue weighted by Crippen LogP contribution is 2.28. The number of carbonyl (C=O) groups excluding carboxylic acids is 14. The number of hydrogen-bond acceptors (Lipinski definition) is 20. The van der Waals surface area contributed by atoms with Crippen LogP contribution in [0.4, 0.5) is 0 Å². The Kier molecular flexibility index (Phi) is 32.8. The molecule has 33 heteroatoms. The van der Waals surface area contributed by atoms with Gasteiger partial charge in [-0.25, -0.2) is 4.79 Å². The van der Waals surface area contributed by atoms with Crippen molar-refractivity contribution in [1.82, 2.24) is 62.1 Å². The minimum Gasteiger partial charge on any atom is -0.497 e. The van der Waals surface area contributed by atoms with E-state index in [1.807, 2.05) is 0 Å². The number of fused-ring (bicyclic) bond motifs is 3. The highest BCUT2D eigenvalue weighted by Gasteiger charge is 2.46. The molecule has 4 heterocycles. The molecule has 0 bridgehead atoms. The molecule has 0 aromatic heterocycles. The highest BCUT2D eigenvalue weighted by molar-refractivity contribution is 6.03. The molecule has 0 radical (unpaired) electrons. The quantitative estimate of drug-likeness (QED) is 0.0443. The molecule has 33 nitrogen and oxygen atoms in total. The zero-order valence-corrected chi connectivity index (χ0v) is 61.8. The summed E-state index contributed by atoms with van der Waals surface area (Å²) in [6.07, 6.45) is -6.60. The number of aryl methyl sites for hydroxylation is 1. The second-order valence-electron chi connectivity index (χ2n) is 28.1. The lowest BCUT2D eigenvalue weighted by Gasteiger charge is -2.34. The summed E-state index contributed by atoms with van der Waals surface area (Å²) in [5.74, 6) is -13.4. The maximum Gasteiger partial charge on any atom is 0.329 e. The highest BCUT2D eigenvalue weighted by atomic mass is 16.5. The molecule has 4 unspecified atom stereocenters. The Bertz CT molecular complexity index is 3470. The largest absolute Gasteiger partial charge is 0.497 e. The van der Waals surface area contributed by atoms with Gasteiger partial charge in [-0.1, -0.05) is 82.7 Å². The first-order valence-corrected chi connectivity index (χ1v) is 36.3. The third-order valence-electron chi connectivity index (χ3n) is 19.8. The van der Waals surface area contributed by atoms with E-state index in [2.05, 4.69) is 42.5 Å². The van der Waals surface area contributed by atoms with Crippen LogP contribution in [0.25, 0.3) is 0 Å². The first-order valence-electron chi connectivity index (χ1n) is 36.3. The maximum atomic E-state index is 15.3. The van der Waals surface area contributed by atoms with Gasteiger partial charge in [-0.3, -0.25) is 62.3 Å². The number of allylic oxidation sites excluding steroid dienone is 1.